The van der Waals surface area contributed by atoms with Crippen LogP contribution in [0.15, 0.2) is 36.4 Å². The van der Waals surface area contributed by atoms with Crippen molar-refractivity contribution in [1.29, 1.82) is 0 Å². The van der Waals surface area contributed by atoms with Crippen LogP contribution in [0.3, 0.4) is 0 Å². The van der Waals surface area contributed by atoms with Gasteiger partial charge in [-0.25, -0.2) is 8.78 Å². The van der Waals surface area contributed by atoms with Crippen LogP contribution in [0, 0.1) is 18.6 Å². The van der Waals surface area contributed by atoms with E-state index in [0.717, 1.165) is 34.3 Å². The fourth-order valence-corrected chi connectivity index (χ4v) is 3.84. The highest BCUT2D eigenvalue weighted by Gasteiger charge is 2.31. The maximum Gasteiger partial charge on any atom is 0.169 e. The van der Waals surface area contributed by atoms with Crippen LogP contribution in [0.2, 0.25) is 5.02 Å². The number of ketones is 1. The van der Waals surface area contributed by atoms with Crippen molar-refractivity contribution in [3.63, 3.8) is 0 Å². The number of carbonyl (C=O) groups is 2. The van der Waals surface area contributed by atoms with E-state index in [-0.39, 0.29) is 12.0 Å². The number of carbonyl (C=O) groups excluding carboxylic acids is 2. The summed E-state index contributed by atoms with van der Waals surface area (Å²) in [6, 6.07) is 7.37. The van der Waals surface area contributed by atoms with Gasteiger partial charge in [0.25, 0.3) is 0 Å². The number of nitrogens with one attached hydrogen (secondary N) is 1. The number of hydrogen-bond acceptors (Lipinski definition) is 4. The molecule has 5 nitrogen and oxygen atoms in total. The summed E-state index contributed by atoms with van der Waals surface area (Å²) in [5.41, 5.74) is 2.02. The molecule has 154 valence electrons. The lowest BCUT2D eigenvalue weighted by Crippen LogP contribution is -3.19. The summed E-state index contributed by atoms with van der Waals surface area (Å²) >= 11 is 6.09. The monoisotopic (exact) mass is 422 g/mol. The van der Waals surface area contributed by atoms with Crippen LogP contribution < -0.4 is 14.9 Å². The molecule has 0 aliphatic carbocycles. The Balaban J connectivity index is 1.68. The van der Waals surface area contributed by atoms with E-state index < -0.39 is 29.4 Å². The molecular formula is C21H21ClF2N2O3. The second-order valence-electron chi connectivity index (χ2n) is 7.20. The highest BCUT2D eigenvalue weighted by molar-refractivity contribution is 6.30. The van der Waals surface area contributed by atoms with Gasteiger partial charge in [-0.05, 0) is 42.8 Å². The predicted molar refractivity (Wildman–Crippen MR) is 103 cm³/mol. The van der Waals surface area contributed by atoms with Crippen molar-refractivity contribution in [2.24, 2.45) is 0 Å². The molecule has 1 aliphatic rings. The van der Waals surface area contributed by atoms with Crippen LogP contribution in [-0.2, 0) is 4.79 Å². The van der Waals surface area contributed by atoms with Crippen LogP contribution in [0.5, 0.6) is 0 Å². The fraction of sp³-hybridized carbons (Fsp3) is 0.333. The minimum atomic E-state index is -1.33. The highest BCUT2D eigenvalue weighted by atomic mass is 35.5. The van der Waals surface area contributed by atoms with E-state index in [1.807, 2.05) is 25.1 Å². The van der Waals surface area contributed by atoms with E-state index >= 15 is 0 Å². The summed E-state index contributed by atoms with van der Waals surface area (Å²) in [5.74, 6) is -4.09. The van der Waals surface area contributed by atoms with Crippen molar-refractivity contribution in [2.75, 3.05) is 31.1 Å². The number of benzene rings is 2. The lowest BCUT2D eigenvalue weighted by atomic mass is 10.0. The van der Waals surface area contributed by atoms with Crippen molar-refractivity contribution in [3.8, 4) is 0 Å². The van der Waals surface area contributed by atoms with Crippen molar-refractivity contribution in [1.82, 2.24) is 0 Å². The zero-order valence-electron chi connectivity index (χ0n) is 15.9. The molecule has 0 saturated carbocycles. The summed E-state index contributed by atoms with van der Waals surface area (Å²) in [6.45, 7) is 4.17. The van der Waals surface area contributed by atoms with Crippen LogP contribution in [-0.4, -0.2) is 44.0 Å². The number of hydrogen-bond donors (Lipinski definition) is 1. The standard InChI is InChI=1S/C21H21ClF2N2O3/c1-13-2-4-15(22)11-18(13)25-6-8-26(9-7-25)19(21(28)29)12-20(27)14-3-5-16(23)17(24)10-14/h2-5,10-11,19H,6-9,12H2,1H3,(H,28,29)/t19-/m0/s1. The quantitative estimate of drug-likeness (QED) is 0.706. The van der Waals surface area contributed by atoms with E-state index in [9.17, 15) is 23.5 Å². The molecule has 1 aliphatic heterocycles. The van der Waals surface area contributed by atoms with Gasteiger partial charge >= 0.3 is 0 Å². The van der Waals surface area contributed by atoms with Crippen LogP contribution in [0.1, 0.15) is 22.3 Å². The van der Waals surface area contributed by atoms with Crippen LogP contribution in [0.25, 0.3) is 0 Å². The summed E-state index contributed by atoms with van der Waals surface area (Å²) in [7, 11) is 0. The Bertz CT molecular complexity index is 930. The Morgan fingerprint density at radius 3 is 2.45 bits per heavy atom. The third kappa shape index (κ3) is 4.92. The average molecular weight is 423 g/mol. The fourth-order valence-electron chi connectivity index (χ4n) is 3.67. The molecule has 0 amide bonds. The molecule has 3 rings (SSSR count). The Labute approximate surface area is 172 Å². The zero-order chi connectivity index (χ0) is 21.1. The molecule has 2 aromatic rings. The van der Waals surface area contributed by atoms with Gasteiger partial charge in [0, 0.05) is 16.3 Å². The third-order valence-electron chi connectivity index (χ3n) is 5.33. The maximum atomic E-state index is 13.4. The summed E-state index contributed by atoms with van der Waals surface area (Å²) in [4.78, 5) is 27.0. The topological polar surface area (TPSA) is 64.9 Å². The van der Waals surface area contributed by atoms with Crippen molar-refractivity contribution in [3.05, 3.63) is 64.2 Å². The lowest BCUT2D eigenvalue weighted by molar-refractivity contribution is -0.918. The van der Waals surface area contributed by atoms with Gasteiger partial charge in [-0.1, -0.05) is 17.7 Å². The van der Waals surface area contributed by atoms with Gasteiger partial charge in [-0.15, -0.1) is 0 Å². The molecule has 0 bridgehead atoms. The first-order chi connectivity index (χ1) is 13.8. The number of carboxylic acid groups (broad SMARTS) is 1. The molecular weight excluding hydrogens is 402 g/mol. The van der Waals surface area contributed by atoms with Crippen molar-refractivity contribution in [2.45, 2.75) is 19.4 Å². The number of quaternary nitrogens is 1. The Morgan fingerprint density at radius 1 is 1.14 bits per heavy atom. The molecule has 1 saturated heterocycles. The zero-order valence-corrected chi connectivity index (χ0v) is 16.6. The average Bonchev–Trinajstić information content (AvgIpc) is 2.70. The molecule has 1 fully saturated rings. The van der Waals surface area contributed by atoms with Gasteiger partial charge in [0.1, 0.15) is 6.04 Å². The minimum absolute atomic E-state index is 0.0530. The number of aryl methyl sites for hydroxylation is 1. The van der Waals surface area contributed by atoms with Crippen LogP contribution >= 0.6 is 11.6 Å². The number of piperazine rings is 1. The number of halogens is 3. The summed E-state index contributed by atoms with van der Waals surface area (Å²) in [6.07, 6.45) is -0.334. The number of aliphatic carboxylic acids is 1. The largest absolute Gasteiger partial charge is 0.544 e. The van der Waals surface area contributed by atoms with Gasteiger partial charge in [-0.2, -0.15) is 0 Å². The van der Waals surface area contributed by atoms with Crippen molar-refractivity contribution < 1.29 is 28.4 Å². The van der Waals surface area contributed by atoms with E-state index in [0.29, 0.717) is 31.2 Å². The first kappa shape index (κ1) is 21.2. The smallest absolute Gasteiger partial charge is 0.169 e. The Hall–Kier alpha value is -2.51. The number of carboxylic acids is 1. The van der Waals surface area contributed by atoms with Gasteiger partial charge in [-0.3, -0.25) is 4.79 Å². The maximum absolute atomic E-state index is 13.4. The second kappa shape index (κ2) is 8.88. The molecule has 0 aromatic heterocycles. The van der Waals surface area contributed by atoms with E-state index in [1.54, 1.807) is 0 Å². The Kier molecular flexibility index (Phi) is 6.49. The molecule has 8 heteroatoms. The molecule has 0 unspecified atom stereocenters. The first-order valence-corrected chi connectivity index (χ1v) is 9.69. The minimum Gasteiger partial charge on any atom is -0.544 e. The summed E-state index contributed by atoms with van der Waals surface area (Å²) < 4.78 is 26.4. The highest BCUT2D eigenvalue weighted by Crippen LogP contribution is 2.24. The van der Waals surface area contributed by atoms with E-state index in [2.05, 4.69) is 4.90 Å². The molecule has 29 heavy (non-hydrogen) atoms. The summed E-state index contributed by atoms with van der Waals surface area (Å²) in [5, 5.41) is 12.3. The normalized spacial score (nSPS) is 15.9. The van der Waals surface area contributed by atoms with Crippen LogP contribution in [0.4, 0.5) is 14.5 Å². The molecule has 1 N–H and O–H groups in total. The number of Topliss-reactive ketones (excluding diaryl/α,β-unsaturated/α-hetero) is 1. The lowest BCUT2D eigenvalue weighted by Gasteiger charge is -2.38. The predicted octanol–water partition coefficient (Wildman–Crippen LogP) is 1.02. The molecule has 2 aromatic carbocycles. The van der Waals surface area contributed by atoms with Gasteiger partial charge < -0.3 is 19.7 Å². The molecule has 1 heterocycles. The van der Waals surface area contributed by atoms with E-state index in [4.69, 9.17) is 11.6 Å². The first-order valence-electron chi connectivity index (χ1n) is 9.31. The van der Waals surface area contributed by atoms with Crippen molar-refractivity contribution >= 4 is 29.0 Å². The van der Waals surface area contributed by atoms with Gasteiger partial charge in [0.2, 0.25) is 0 Å². The SMILES string of the molecule is Cc1ccc(Cl)cc1N1CC[NH+]([C@@H](CC(=O)c2ccc(F)c(F)c2)C(=O)[O-])CC1. The third-order valence-corrected chi connectivity index (χ3v) is 5.56. The molecule has 1 atom stereocenters. The second-order valence-corrected chi connectivity index (χ2v) is 7.64. The Morgan fingerprint density at radius 2 is 1.83 bits per heavy atom. The van der Waals surface area contributed by atoms with E-state index in [1.165, 1.54) is 0 Å². The molecule has 0 spiro atoms. The number of anilines is 1. The number of nitrogens with zero attached hydrogens (tertiary/aromatic N) is 1. The number of rotatable bonds is 6. The van der Waals surface area contributed by atoms with Gasteiger partial charge in [0.15, 0.2) is 17.4 Å². The van der Waals surface area contributed by atoms with Gasteiger partial charge in [0.05, 0.1) is 38.6 Å². The molecule has 0 radical (unpaired) electrons.